The van der Waals surface area contributed by atoms with Crippen LogP contribution in [0.4, 0.5) is 0 Å². The highest BCUT2D eigenvalue weighted by molar-refractivity contribution is 5.85. The van der Waals surface area contributed by atoms with Crippen LogP contribution in [0.2, 0.25) is 0 Å². The maximum atomic E-state index is 12.6. The zero-order chi connectivity index (χ0) is 13.9. The van der Waals surface area contributed by atoms with Gasteiger partial charge in [-0.3, -0.25) is 4.79 Å². The van der Waals surface area contributed by atoms with E-state index in [0.29, 0.717) is 11.7 Å². The summed E-state index contributed by atoms with van der Waals surface area (Å²) in [7, 11) is 0. The molecule has 6 nitrogen and oxygen atoms in total. The molecule has 0 bridgehead atoms. The molecular formula is C14H23ClN4O2. The largest absolute Gasteiger partial charge is 0.342 e. The third-order valence-electron chi connectivity index (χ3n) is 4.27. The highest BCUT2D eigenvalue weighted by atomic mass is 35.5. The van der Waals surface area contributed by atoms with Crippen molar-refractivity contribution in [2.45, 2.75) is 38.5 Å². The molecule has 1 N–H and O–H groups in total. The predicted octanol–water partition coefficient (Wildman–Crippen LogP) is 1.51. The Labute approximate surface area is 131 Å². The molecule has 118 valence electrons. The molecule has 0 radical (unpaired) electrons. The fraction of sp³-hybridized carbons (Fsp3) is 0.786. The molecule has 0 aromatic carbocycles. The van der Waals surface area contributed by atoms with Crippen LogP contribution in [0.25, 0.3) is 0 Å². The Morgan fingerprint density at radius 2 is 2.24 bits per heavy atom. The molecule has 2 fully saturated rings. The number of likely N-dealkylation sites (tertiary alicyclic amines) is 1. The van der Waals surface area contributed by atoms with Gasteiger partial charge in [-0.15, -0.1) is 12.4 Å². The molecule has 2 unspecified atom stereocenters. The molecule has 3 heterocycles. The lowest BCUT2D eigenvalue weighted by atomic mass is 9.93. The zero-order valence-electron chi connectivity index (χ0n) is 12.4. The van der Waals surface area contributed by atoms with Crippen LogP contribution >= 0.6 is 12.4 Å². The van der Waals surface area contributed by atoms with Crippen molar-refractivity contribution >= 4 is 18.3 Å². The molecule has 0 spiro atoms. The summed E-state index contributed by atoms with van der Waals surface area (Å²) in [6.45, 7) is 5.26. The molecule has 7 heteroatoms. The highest BCUT2D eigenvalue weighted by Crippen LogP contribution is 2.27. The van der Waals surface area contributed by atoms with Gasteiger partial charge in [-0.05, 0) is 39.2 Å². The summed E-state index contributed by atoms with van der Waals surface area (Å²) in [6, 6.07) is 0. The summed E-state index contributed by atoms with van der Waals surface area (Å²) >= 11 is 0. The van der Waals surface area contributed by atoms with E-state index in [1.54, 1.807) is 0 Å². The molecule has 1 aromatic heterocycles. The third kappa shape index (κ3) is 3.74. The number of halogens is 1. The van der Waals surface area contributed by atoms with Gasteiger partial charge in [0.05, 0.1) is 11.8 Å². The Morgan fingerprint density at radius 1 is 1.38 bits per heavy atom. The monoisotopic (exact) mass is 314 g/mol. The summed E-state index contributed by atoms with van der Waals surface area (Å²) in [6.07, 6.45) is 4.13. The first-order valence-electron chi connectivity index (χ1n) is 7.54. The third-order valence-corrected chi connectivity index (χ3v) is 4.27. The first-order chi connectivity index (χ1) is 9.74. The molecule has 0 aliphatic carbocycles. The number of hydrogen-bond acceptors (Lipinski definition) is 5. The minimum absolute atomic E-state index is 0. The van der Waals surface area contributed by atoms with Crippen molar-refractivity contribution in [2.24, 2.45) is 5.92 Å². The maximum absolute atomic E-state index is 12.6. The number of nitrogens with one attached hydrogen (secondary N) is 1. The summed E-state index contributed by atoms with van der Waals surface area (Å²) in [4.78, 5) is 18.9. The molecule has 1 amide bonds. The van der Waals surface area contributed by atoms with Gasteiger partial charge >= 0.3 is 0 Å². The number of amides is 1. The Morgan fingerprint density at radius 3 is 2.90 bits per heavy atom. The van der Waals surface area contributed by atoms with Crippen LogP contribution in [0.5, 0.6) is 0 Å². The number of hydrogen-bond donors (Lipinski definition) is 1. The number of piperidine rings is 2. The Hall–Kier alpha value is -1.14. The second-order valence-electron chi connectivity index (χ2n) is 5.85. The first kappa shape index (κ1) is 16.2. The fourth-order valence-corrected chi connectivity index (χ4v) is 3.18. The average molecular weight is 315 g/mol. The van der Waals surface area contributed by atoms with Crippen LogP contribution in [0.1, 0.15) is 43.3 Å². The van der Waals surface area contributed by atoms with Crippen LogP contribution in [0.3, 0.4) is 0 Å². The van der Waals surface area contributed by atoms with Crippen molar-refractivity contribution in [2.75, 3.05) is 26.2 Å². The number of carbonyl (C=O) groups is 1. The van der Waals surface area contributed by atoms with Gasteiger partial charge in [0.15, 0.2) is 5.82 Å². The van der Waals surface area contributed by atoms with Crippen molar-refractivity contribution in [1.82, 2.24) is 20.4 Å². The predicted molar refractivity (Wildman–Crippen MR) is 80.4 cm³/mol. The van der Waals surface area contributed by atoms with Gasteiger partial charge in [-0.1, -0.05) is 5.16 Å². The minimum Gasteiger partial charge on any atom is -0.342 e. The molecule has 3 rings (SSSR count). The van der Waals surface area contributed by atoms with Gasteiger partial charge in [-0.2, -0.15) is 4.98 Å². The van der Waals surface area contributed by atoms with Crippen molar-refractivity contribution in [3.05, 3.63) is 11.7 Å². The number of carbonyl (C=O) groups excluding carboxylic acids is 1. The van der Waals surface area contributed by atoms with Gasteiger partial charge in [0.1, 0.15) is 0 Å². The van der Waals surface area contributed by atoms with Crippen molar-refractivity contribution in [3.63, 3.8) is 0 Å². The van der Waals surface area contributed by atoms with Gasteiger partial charge in [0, 0.05) is 19.6 Å². The molecule has 2 aliphatic heterocycles. The van der Waals surface area contributed by atoms with Crippen LogP contribution in [-0.4, -0.2) is 47.1 Å². The smallest absolute Gasteiger partial charge is 0.231 e. The fourth-order valence-electron chi connectivity index (χ4n) is 3.18. The first-order valence-corrected chi connectivity index (χ1v) is 7.54. The molecule has 21 heavy (non-hydrogen) atoms. The Kier molecular flexibility index (Phi) is 5.58. The molecule has 2 aliphatic rings. The van der Waals surface area contributed by atoms with Gasteiger partial charge in [0.25, 0.3) is 0 Å². The lowest BCUT2D eigenvalue weighted by Crippen LogP contribution is -2.46. The van der Waals surface area contributed by atoms with E-state index in [4.69, 9.17) is 4.52 Å². The van der Waals surface area contributed by atoms with E-state index in [2.05, 4.69) is 15.5 Å². The second-order valence-corrected chi connectivity index (χ2v) is 5.85. The van der Waals surface area contributed by atoms with E-state index in [9.17, 15) is 4.79 Å². The number of rotatable bonds is 2. The molecule has 0 saturated carbocycles. The average Bonchev–Trinajstić information content (AvgIpc) is 2.94. The van der Waals surface area contributed by atoms with E-state index < -0.39 is 0 Å². The standard InChI is InChI=1S/C14H22N4O2.ClH/c1-10-16-13(20-17-10)12-5-3-7-18(9-12)14(19)11-4-2-6-15-8-11;/h11-12,15H,2-9H2,1H3;1H. The molecule has 1 aromatic rings. The topological polar surface area (TPSA) is 71.3 Å². The normalized spacial score (nSPS) is 26.2. The van der Waals surface area contributed by atoms with E-state index >= 15 is 0 Å². The number of aromatic nitrogens is 2. The summed E-state index contributed by atoms with van der Waals surface area (Å²) in [5, 5.41) is 7.16. The number of aryl methyl sites for hydroxylation is 1. The van der Waals surface area contributed by atoms with Crippen LogP contribution in [0.15, 0.2) is 4.52 Å². The van der Waals surface area contributed by atoms with E-state index in [1.807, 2.05) is 11.8 Å². The summed E-state index contributed by atoms with van der Waals surface area (Å²) in [5.74, 6) is 1.98. The van der Waals surface area contributed by atoms with Crippen molar-refractivity contribution in [3.8, 4) is 0 Å². The lowest BCUT2D eigenvalue weighted by Gasteiger charge is -2.34. The quantitative estimate of drug-likeness (QED) is 0.896. The molecule has 2 saturated heterocycles. The van der Waals surface area contributed by atoms with Crippen LogP contribution < -0.4 is 5.32 Å². The summed E-state index contributed by atoms with van der Waals surface area (Å²) in [5.41, 5.74) is 0. The maximum Gasteiger partial charge on any atom is 0.231 e. The van der Waals surface area contributed by atoms with Crippen LogP contribution in [-0.2, 0) is 4.79 Å². The summed E-state index contributed by atoms with van der Waals surface area (Å²) < 4.78 is 5.27. The van der Waals surface area contributed by atoms with Crippen molar-refractivity contribution < 1.29 is 9.32 Å². The van der Waals surface area contributed by atoms with Crippen molar-refractivity contribution in [1.29, 1.82) is 0 Å². The van der Waals surface area contributed by atoms with Gasteiger partial charge < -0.3 is 14.7 Å². The molecule has 2 atom stereocenters. The molecular weight excluding hydrogens is 292 g/mol. The number of nitrogens with zero attached hydrogens (tertiary/aromatic N) is 3. The highest BCUT2D eigenvalue weighted by Gasteiger charge is 2.32. The SMILES string of the molecule is Cc1noc(C2CCCN(C(=O)C3CCCNC3)C2)n1.Cl. The second kappa shape index (κ2) is 7.22. The van der Waals surface area contributed by atoms with E-state index in [0.717, 1.165) is 51.9 Å². The van der Waals surface area contributed by atoms with Crippen LogP contribution in [0, 0.1) is 12.8 Å². The van der Waals surface area contributed by atoms with Gasteiger partial charge in [0.2, 0.25) is 11.8 Å². The Bertz CT molecular complexity index is 473. The lowest BCUT2D eigenvalue weighted by molar-refractivity contribution is -0.137. The van der Waals surface area contributed by atoms with E-state index in [-0.39, 0.29) is 30.2 Å². The Balaban J connectivity index is 0.00000161. The minimum atomic E-state index is 0. The zero-order valence-corrected chi connectivity index (χ0v) is 13.2. The van der Waals surface area contributed by atoms with Gasteiger partial charge in [-0.25, -0.2) is 0 Å². The van der Waals surface area contributed by atoms with E-state index in [1.165, 1.54) is 0 Å².